The van der Waals surface area contributed by atoms with Crippen LogP contribution in [0.15, 0.2) is 46.2 Å². The smallest absolute Gasteiger partial charge is 0.261 e. The zero-order chi connectivity index (χ0) is 17.4. The van der Waals surface area contributed by atoms with E-state index in [1.165, 1.54) is 19.1 Å². The maximum atomic E-state index is 12.5. The average molecular weight is 374 g/mol. The number of aryl methyl sites for hydroxylation is 2. The zero-order valence-electron chi connectivity index (χ0n) is 12.8. The van der Waals surface area contributed by atoms with Crippen LogP contribution in [-0.4, -0.2) is 16.8 Å². The number of hydrogen-bond donors (Lipinski definition) is 1. The fourth-order valence-corrected chi connectivity index (χ4v) is 5.33. The molecule has 2 aromatic carbocycles. The minimum atomic E-state index is -3.99. The summed E-state index contributed by atoms with van der Waals surface area (Å²) < 4.78 is 50.9. The number of halogens is 1. The Morgan fingerprint density at radius 2 is 1.48 bits per heavy atom. The van der Waals surface area contributed by atoms with Gasteiger partial charge in [0.25, 0.3) is 19.1 Å². The molecule has 0 amide bonds. The topological polar surface area (TPSA) is 80.3 Å². The van der Waals surface area contributed by atoms with Crippen molar-refractivity contribution in [3.8, 4) is 0 Å². The van der Waals surface area contributed by atoms with Gasteiger partial charge in [0.15, 0.2) is 0 Å². The second kappa shape index (κ2) is 6.14. The first-order valence-electron chi connectivity index (χ1n) is 6.67. The molecular formula is C15H16ClNO4S2. The summed E-state index contributed by atoms with van der Waals surface area (Å²) >= 11 is 0. The van der Waals surface area contributed by atoms with E-state index < -0.39 is 19.1 Å². The molecule has 0 fully saturated rings. The second-order valence-electron chi connectivity index (χ2n) is 5.20. The number of rotatable bonds is 4. The van der Waals surface area contributed by atoms with Crippen molar-refractivity contribution in [2.45, 2.75) is 30.6 Å². The highest BCUT2D eigenvalue weighted by Gasteiger charge is 2.23. The molecule has 2 rings (SSSR count). The van der Waals surface area contributed by atoms with E-state index in [9.17, 15) is 16.8 Å². The molecule has 0 aromatic heterocycles. The van der Waals surface area contributed by atoms with Crippen LogP contribution in [0.25, 0.3) is 0 Å². The molecule has 8 heteroatoms. The molecule has 0 spiro atoms. The average Bonchev–Trinajstić information content (AvgIpc) is 2.42. The maximum absolute atomic E-state index is 12.5. The van der Waals surface area contributed by atoms with Gasteiger partial charge < -0.3 is 0 Å². The van der Waals surface area contributed by atoms with Crippen molar-refractivity contribution >= 4 is 35.4 Å². The SMILES string of the molecule is Cc1cc(C)c(S(=O)(=O)Cl)c(C)c1NS(=O)(=O)c1ccccc1. The lowest BCUT2D eigenvalue weighted by Gasteiger charge is -2.17. The normalized spacial score (nSPS) is 12.2. The molecule has 0 saturated carbocycles. The van der Waals surface area contributed by atoms with Crippen LogP contribution >= 0.6 is 10.7 Å². The van der Waals surface area contributed by atoms with E-state index in [4.69, 9.17) is 10.7 Å². The molecule has 0 heterocycles. The third-order valence-corrected chi connectivity index (χ3v) is 6.38. The highest BCUT2D eigenvalue weighted by atomic mass is 35.7. The predicted molar refractivity (Wildman–Crippen MR) is 90.9 cm³/mol. The van der Waals surface area contributed by atoms with Gasteiger partial charge in [0, 0.05) is 10.7 Å². The van der Waals surface area contributed by atoms with Crippen molar-refractivity contribution in [2.24, 2.45) is 0 Å². The van der Waals surface area contributed by atoms with Gasteiger partial charge in [-0.25, -0.2) is 16.8 Å². The molecule has 0 aliphatic carbocycles. The Hall–Kier alpha value is -1.57. The van der Waals surface area contributed by atoms with Crippen molar-refractivity contribution in [3.63, 3.8) is 0 Å². The lowest BCUT2D eigenvalue weighted by atomic mass is 10.1. The van der Waals surface area contributed by atoms with Crippen LogP contribution in [-0.2, 0) is 19.1 Å². The van der Waals surface area contributed by atoms with Crippen molar-refractivity contribution < 1.29 is 16.8 Å². The van der Waals surface area contributed by atoms with Gasteiger partial charge >= 0.3 is 0 Å². The van der Waals surface area contributed by atoms with Gasteiger partial charge in [0.2, 0.25) is 0 Å². The largest absolute Gasteiger partial charge is 0.279 e. The van der Waals surface area contributed by atoms with Crippen molar-refractivity contribution in [1.82, 2.24) is 0 Å². The lowest BCUT2D eigenvalue weighted by Crippen LogP contribution is -2.16. The van der Waals surface area contributed by atoms with Crippen molar-refractivity contribution in [3.05, 3.63) is 53.1 Å². The molecule has 5 nitrogen and oxygen atoms in total. The van der Waals surface area contributed by atoms with E-state index in [-0.39, 0.29) is 21.0 Å². The first-order chi connectivity index (χ1) is 10.5. The van der Waals surface area contributed by atoms with Crippen LogP contribution in [0.1, 0.15) is 16.7 Å². The van der Waals surface area contributed by atoms with Gasteiger partial charge in [-0.1, -0.05) is 24.3 Å². The van der Waals surface area contributed by atoms with Gasteiger partial charge in [-0.15, -0.1) is 0 Å². The molecule has 1 N–H and O–H groups in total. The monoisotopic (exact) mass is 373 g/mol. The summed E-state index contributed by atoms with van der Waals surface area (Å²) in [4.78, 5) is 0.0187. The van der Waals surface area contributed by atoms with Gasteiger partial charge in [-0.05, 0) is 49.6 Å². The van der Waals surface area contributed by atoms with E-state index in [0.29, 0.717) is 11.1 Å². The van der Waals surface area contributed by atoms with Crippen LogP contribution in [0.3, 0.4) is 0 Å². The molecule has 0 aliphatic rings. The molecule has 0 aliphatic heterocycles. The van der Waals surface area contributed by atoms with Crippen LogP contribution in [0.2, 0.25) is 0 Å². The number of sulfonamides is 1. The van der Waals surface area contributed by atoms with Crippen LogP contribution in [0.5, 0.6) is 0 Å². The van der Waals surface area contributed by atoms with Crippen molar-refractivity contribution in [1.29, 1.82) is 0 Å². The first kappa shape index (κ1) is 17.8. The summed E-state index contributed by atoms with van der Waals surface area (Å²) in [5.41, 5.74) is 1.58. The molecule has 124 valence electrons. The van der Waals surface area contributed by atoms with Crippen LogP contribution in [0, 0.1) is 20.8 Å². The molecule has 0 saturated heterocycles. The predicted octanol–water partition coefficient (Wildman–Crippen LogP) is 3.34. The van der Waals surface area contributed by atoms with Gasteiger partial charge in [-0.3, -0.25) is 4.72 Å². The lowest BCUT2D eigenvalue weighted by molar-refractivity contribution is 0.600. The fraction of sp³-hybridized carbons (Fsp3) is 0.200. The van der Waals surface area contributed by atoms with E-state index in [1.54, 1.807) is 38.1 Å². The van der Waals surface area contributed by atoms with Crippen LogP contribution in [0.4, 0.5) is 5.69 Å². The Labute approximate surface area is 140 Å². The third kappa shape index (κ3) is 3.68. The molecule has 2 aromatic rings. The number of hydrogen-bond acceptors (Lipinski definition) is 4. The van der Waals surface area contributed by atoms with E-state index in [1.807, 2.05) is 0 Å². The summed E-state index contributed by atoms with van der Waals surface area (Å²) in [6.07, 6.45) is 0. The zero-order valence-corrected chi connectivity index (χ0v) is 15.2. The molecule has 23 heavy (non-hydrogen) atoms. The minimum Gasteiger partial charge on any atom is -0.279 e. The summed E-state index contributed by atoms with van der Waals surface area (Å²) in [5.74, 6) is 0. The Morgan fingerprint density at radius 1 is 0.913 bits per heavy atom. The van der Waals surface area contributed by atoms with E-state index >= 15 is 0 Å². The van der Waals surface area contributed by atoms with E-state index in [0.717, 1.165) is 0 Å². The minimum absolute atomic E-state index is 0.0736. The highest BCUT2D eigenvalue weighted by molar-refractivity contribution is 8.13. The van der Waals surface area contributed by atoms with E-state index in [2.05, 4.69) is 4.72 Å². The highest BCUT2D eigenvalue weighted by Crippen LogP contribution is 2.33. The molecule has 0 bridgehead atoms. The Kier molecular flexibility index (Phi) is 4.75. The molecule has 0 radical (unpaired) electrons. The quantitative estimate of drug-likeness (QED) is 0.833. The number of anilines is 1. The maximum Gasteiger partial charge on any atom is 0.261 e. The van der Waals surface area contributed by atoms with Crippen molar-refractivity contribution in [2.75, 3.05) is 4.72 Å². The second-order valence-corrected chi connectivity index (χ2v) is 9.38. The molecular weight excluding hydrogens is 358 g/mol. The molecule has 0 atom stereocenters. The van der Waals surface area contributed by atoms with Gasteiger partial charge in [0.1, 0.15) is 0 Å². The summed E-state index contributed by atoms with van der Waals surface area (Å²) in [6, 6.07) is 9.43. The summed E-state index contributed by atoms with van der Waals surface area (Å²) in [6.45, 7) is 4.84. The standard InChI is InChI=1S/C15H16ClNO4S2/c1-10-9-11(2)15(22(16,18)19)12(3)14(10)17-23(20,21)13-7-5-4-6-8-13/h4-9,17H,1-3H3. The van der Waals surface area contributed by atoms with Gasteiger partial charge in [-0.2, -0.15) is 0 Å². The fourth-order valence-electron chi connectivity index (χ4n) is 2.49. The summed E-state index contributed by atoms with van der Waals surface area (Å²) in [7, 11) is -2.33. The number of benzene rings is 2. The first-order valence-corrected chi connectivity index (χ1v) is 10.5. The Morgan fingerprint density at radius 3 is 2.00 bits per heavy atom. The Balaban J connectivity index is 2.62. The number of nitrogens with one attached hydrogen (secondary N) is 1. The third-order valence-electron chi connectivity index (χ3n) is 3.43. The van der Waals surface area contributed by atoms with Gasteiger partial charge in [0.05, 0.1) is 15.5 Å². The Bertz CT molecular complexity index is 953. The van der Waals surface area contributed by atoms with Crippen LogP contribution < -0.4 is 4.72 Å². The molecule has 0 unspecified atom stereocenters. The summed E-state index contributed by atoms with van der Waals surface area (Å²) in [5, 5.41) is 0.